The molecule has 0 unspecified atom stereocenters. The predicted molar refractivity (Wildman–Crippen MR) is 111 cm³/mol. The number of carbonyl (C=O) groups is 1. The molecule has 2 aromatic rings. The second kappa shape index (κ2) is 7.05. The molecule has 1 aliphatic carbocycles. The number of urea groups is 1. The summed E-state index contributed by atoms with van der Waals surface area (Å²) in [6, 6.07) is 10.8. The summed E-state index contributed by atoms with van der Waals surface area (Å²) in [5.74, 6) is -0.282. The third-order valence-corrected chi connectivity index (χ3v) is 6.67. The number of anilines is 2. The van der Waals surface area contributed by atoms with Gasteiger partial charge in [-0.15, -0.1) is 0 Å². The van der Waals surface area contributed by atoms with Crippen LogP contribution in [0.2, 0.25) is 0 Å². The van der Waals surface area contributed by atoms with E-state index < -0.39 is 4.92 Å². The van der Waals surface area contributed by atoms with Crippen molar-refractivity contribution < 1.29 is 14.1 Å². The van der Waals surface area contributed by atoms with Crippen molar-refractivity contribution in [2.45, 2.75) is 37.1 Å². The Labute approximate surface area is 173 Å². The molecular weight excluding hydrogens is 387 g/mol. The number of hydrogen-bond donors (Lipinski definition) is 1. The maximum absolute atomic E-state index is 14.1. The lowest BCUT2D eigenvalue weighted by Crippen LogP contribution is -2.47. The van der Waals surface area contributed by atoms with Crippen molar-refractivity contribution in [3.63, 3.8) is 0 Å². The molecule has 1 saturated heterocycles. The molecule has 30 heavy (non-hydrogen) atoms. The maximum Gasteiger partial charge on any atom is 0.326 e. The first-order valence-corrected chi connectivity index (χ1v) is 10.3. The molecule has 2 heterocycles. The lowest BCUT2D eigenvalue weighted by molar-refractivity contribution is -0.384. The van der Waals surface area contributed by atoms with Crippen molar-refractivity contribution in [1.82, 2.24) is 4.90 Å². The van der Waals surface area contributed by atoms with E-state index in [1.54, 1.807) is 17.0 Å². The second-order valence-corrected chi connectivity index (χ2v) is 8.53. The van der Waals surface area contributed by atoms with Crippen molar-refractivity contribution in [2.75, 3.05) is 29.9 Å². The molecule has 7 nitrogen and oxygen atoms in total. The average Bonchev–Trinajstić information content (AvgIpc) is 3.54. The van der Waals surface area contributed by atoms with Gasteiger partial charge in [0.2, 0.25) is 0 Å². The van der Waals surface area contributed by atoms with Gasteiger partial charge in [0, 0.05) is 41.5 Å². The Morgan fingerprint density at radius 3 is 2.47 bits per heavy atom. The summed E-state index contributed by atoms with van der Waals surface area (Å²) in [4.78, 5) is 27.6. The molecule has 1 saturated carbocycles. The van der Waals surface area contributed by atoms with Gasteiger partial charge in [-0.25, -0.2) is 9.18 Å². The predicted octanol–water partition coefficient (Wildman–Crippen LogP) is 4.28. The maximum atomic E-state index is 14.1. The molecule has 2 aliphatic heterocycles. The number of nitro benzene ring substituents is 1. The highest BCUT2D eigenvalue weighted by Crippen LogP contribution is 2.48. The monoisotopic (exact) mass is 410 g/mol. The quantitative estimate of drug-likeness (QED) is 0.605. The first kappa shape index (κ1) is 19.0. The number of hydrogen-bond acceptors (Lipinski definition) is 4. The van der Waals surface area contributed by atoms with Gasteiger partial charge in [0.1, 0.15) is 5.82 Å². The summed E-state index contributed by atoms with van der Waals surface area (Å²) >= 11 is 0. The average molecular weight is 410 g/mol. The van der Waals surface area contributed by atoms with E-state index in [-0.39, 0.29) is 23.0 Å². The van der Waals surface area contributed by atoms with Crippen molar-refractivity contribution >= 4 is 23.1 Å². The van der Waals surface area contributed by atoms with E-state index in [0.29, 0.717) is 18.3 Å². The number of piperidine rings is 1. The molecule has 8 heteroatoms. The van der Waals surface area contributed by atoms with Crippen LogP contribution in [0.5, 0.6) is 0 Å². The standard InChI is InChI=1S/C22H23FN4O3/c23-15-1-8-20-19(13-15)22(9-11-25(12-10-22)17-6-7-17)14-26(20)21(28)24-16-2-4-18(5-3-16)27(29)30/h1-5,8,13,17H,6-7,9-12,14H2,(H,24,28). The number of carbonyl (C=O) groups excluding carboxylic acids is 1. The van der Waals surface area contributed by atoms with E-state index in [4.69, 9.17) is 0 Å². The lowest BCUT2D eigenvalue weighted by Gasteiger charge is -2.40. The smallest absolute Gasteiger partial charge is 0.308 e. The van der Waals surface area contributed by atoms with Crippen LogP contribution in [0, 0.1) is 15.9 Å². The molecule has 1 N–H and O–H groups in total. The lowest BCUT2D eigenvalue weighted by atomic mass is 9.74. The van der Waals surface area contributed by atoms with Gasteiger partial charge in [-0.05, 0) is 74.7 Å². The summed E-state index contributed by atoms with van der Waals surface area (Å²) < 4.78 is 14.1. The van der Waals surface area contributed by atoms with E-state index in [1.807, 2.05) is 0 Å². The molecule has 2 amide bonds. The summed E-state index contributed by atoms with van der Waals surface area (Å²) in [6.45, 7) is 2.46. The van der Waals surface area contributed by atoms with Gasteiger partial charge in [0.15, 0.2) is 0 Å². The zero-order chi connectivity index (χ0) is 20.9. The van der Waals surface area contributed by atoms with Gasteiger partial charge in [-0.2, -0.15) is 0 Å². The van der Waals surface area contributed by atoms with Crippen LogP contribution in [-0.4, -0.2) is 41.5 Å². The van der Waals surface area contributed by atoms with Crippen LogP contribution in [0.3, 0.4) is 0 Å². The fourth-order valence-corrected chi connectivity index (χ4v) is 4.86. The van der Waals surface area contributed by atoms with Gasteiger partial charge < -0.3 is 10.2 Å². The molecule has 1 spiro atoms. The first-order valence-electron chi connectivity index (χ1n) is 10.3. The van der Waals surface area contributed by atoms with Crippen LogP contribution < -0.4 is 10.2 Å². The van der Waals surface area contributed by atoms with Crippen molar-refractivity contribution in [2.24, 2.45) is 0 Å². The zero-order valence-electron chi connectivity index (χ0n) is 16.5. The van der Waals surface area contributed by atoms with Crippen molar-refractivity contribution in [1.29, 1.82) is 0 Å². The Morgan fingerprint density at radius 2 is 1.83 bits per heavy atom. The summed E-state index contributed by atoms with van der Waals surface area (Å²) in [5, 5.41) is 13.6. The number of non-ortho nitro benzene ring substituents is 1. The molecule has 0 atom stereocenters. The van der Waals surface area contributed by atoms with Crippen LogP contribution in [0.25, 0.3) is 0 Å². The molecule has 0 bridgehead atoms. The van der Waals surface area contributed by atoms with Gasteiger partial charge in [0.05, 0.1) is 4.92 Å². The highest BCUT2D eigenvalue weighted by atomic mass is 19.1. The SMILES string of the molecule is O=C(Nc1ccc([N+](=O)[O-])cc1)N1CC2(CCN(C3CC3)CC2)c2cc(F)ccc21. The highest BCUT2D eigenvalue weighted by Gasteiger charge is 2.48. The van der Waals surface area contributed by atoms with Crippen LogP contribution >= 0.6 is 0 Å². The van der Waals surface area contributed by atoms with Crippen LogP contribution in [0.15, 0.2) is 42.5 Å². The largest absolute Gasteiger partial charge is 0.326 e. The minimum atomic E-state index is -0.478. The third kappa shape index (κ3) is 3.31. The third-order valence-electron chi connectivity index (χ3n) is 6.67. The van der Waals surface area contributed by atoms with Crippen molar-refractivity contribution in [3.05, 3.63) is 64.0 Å². The van der Waals surface area contributed by atoms with Gasteiger partial charge in [0.25, 0.3) is 5.69 Å². The van der Waals surface area contributed by atoms with E-state index in [2.05, 4.69) is 10.2 Å². The molecule has 0 aromatic heterocycles. The number of fused-ring (bicyclic) bond motifs is 2. The number of nitro groups is 1. The number of rotatable bonds is 3. The normalized spacial score (nSPS) is 20.2. The molecule has 5 rings (SSSR count). The van der Waals surface area contributed by atoms with Gasteiger partial charge in [-0.3, -0.25) is 15.0 Å². The summed E-state index contributed by atoms with van der Waals surface area (Å²) in [7, 11) is 0. The highest BCUT2D eigenvalue weighted by molar-refractivity contribution is 6.03. The van der Waals surface area contributed by atoms with Gasteiger partial charge >= 0.3 is 6.03 Å². The minimum Gasteiger partial charge on any atom is -0.308 e. The fourth-order valence-electron chi connectivity index (χ4n) is 4.86. The number of nitrogens with zero attached hydrogens (tertiary/aromatic N) is 3. The Bertz CT molecular complexity index is 998. The molecule has 3 aliphatic rings. The number of likely N-dealkylation sites (tertiary alicyclic amines) is 1. The molecule has 2 fully saturated rings. The molecule has 0 radical (unpaired) electrons. The van der Waals surface area contributed by atoms with E-state index in [9.17, 15) is 19.3 Å². The fraction of sp³-hybridized carbons (Fsp3) is 0.409. The topological polar surface area (TPSA) is 78.7 Å². The Hall–Kier alpha value is -3.00. The van der Waals surface area contributed by atoms with E-state index in [0.717, 1.165) is 37.2 Å². The Balaban J connectivity index is 1.38. The van der Waals surface area contributed by atoms with Crippen LogP contribution in [-0.2, 0) is 5.41 Å². The summed E-state index contributed by atoms with van der Waals surface area (Å²) in [6.07, 6.45) is 4.34. The second-order valence-electron chi connectivity index (χ2n) is 8.53. The minimum absolute atomic E-state index is 0.0311. The number of halogens is 1. The van der Waals surface area contributed by atoms with Crippen LogP contribution in [0.4, 0.5) is 26.2 Å². The zero-order valence-corrected chi connectivity index (χ0v) is 16.5. The molecular formula is C22H23FN4O3. The van der Waals surface area contributed by atoms with E-state index >= 15 is 0 Å². The first-order chi connectivity index (χ1) is 14.4. The Morgan fingerprint density at radius 1 is 1.13 bits per heavy atom. The number of amides is 2. The molecule has 156 valence electrons. The van der Waals surface area contributed by atoms with Gasteiger partial charge in [-0.1, -0.05) is 0 Å². The summed E-state index contributed by atoms with van der Waals surface area (Å²) in [5.41, 5.74) is 1.89. The number of benzene rings is 2. The molecule has 2 aromatic carbocycles. The van der Waals surface area contributed by atoms with Crippen molar-refractivity contribution in [3.8, 4) is 0 Å². The Kier molecular flexibility index (Phi) is 4.47. The van der Waals surface area contributed by atoms with Crippen LogP contribution in [0.1, 0.15) is 31.2 Å². The number of nitrogens with one attached hydrogen (secondary N) is 1. The van der Waals surface area contributed by atoms with E-state index in [1.165, 1.54) is 43.2 Å².